The highest BCUT2D eigenvalue weighted by Gasteiger charge is 2.05. The quantitative estimate of drug-likeness (QED) is 0.775. The summed E-state index contributed by atoms with van der Waals surface area (Å²) < 4.78 is 10.5. The molecule has 2 N–H and O–H groups in total. The van der Waals surface area contributed by atoms with Gasteiger partial charge in [0.1, 0.15) is 11.5 Å². The zero-order chi connectivity index (χ0) is 17.4. The molecule has 0 aromatic heterocycles. The van der Waals surface area contributed by atoms with Crippen molar-refractivity contribution in [3.63, 3.8) is 0 Å². The Morgan fingerprint density at radius 1 is 1.08 bits per heavy atom. The Kier molecular flexibility index (Phi) is 6.19. The molecule has 1 amide bonds. The van der Waals surface area contributed by atoms with Gasteiger partial charge < -0.3 is 19.9 Å². The average Bonchev–Trinajstić information content (AvgIpc) is 2.60. The molecule has 2 aromatic carbocycles. The maximum atomic E-state index is 11.8. The molecule has 0 heterocycles. The van der Waals surface area contributed by atoms with Crippen LogP contribution < -0.4 is 14.8 Å². The Hall–Kier alpha value is -3.02. The second-order valence-electron chi connectivity index (χ2n) is 5.07. The number of hydrogen-bond donors (Lipinski definition) is 2. The van der Waals surface area contributed by atoms with Crippen molar-refractivity contribution in [1.82, 2.24) is 5.32 Å². The number of carbonyl (C=O) groups is 2. The van der Waals surface area contributed by atoms with Gasteiger partial charge in [0.2, 0.25) is 0 Å². The number of benzene rings is 2. The summed E-state index contributed by atoms with van der Waals surface area (Å²) in [5, 5.41) is 11.6. The van der Waals surface area contributed by atoms with Crippen LogP contribution in [0.2, 0.25) is 0 Å². The van der Waals surface area contributed by atoms with Gasteiger partial charge in [0, 0.05) is 12.6 Å². The molecule has 0 fully saturated rings. The van der Waals surface area contributed by atoms with Crippen molar-refractivity contribution in [2.24, 2.45) is 0 Å². The molecule has 0 radical (unpaired) electrons. The largest absolute Gasteiger partial charge is 0.497 e. The summed E-state index contributed by atoms with van der Waals surface area (Å²) in [5.41, 5.74) is 1.20. The monoisotopic (exact) mass is 329 g/mol. The number of hydrogen-bond acceptors (Lipinski definition) is 4. The molecule has 0 unspecified atom stereocenters. The van der Waals surface area contributed by atoms with Gasteiger partial charge in [0.05, 0.1) is 12.7 Å². The summed E-state index contributed by atoms with van der Waals surface area (Å²) in [7, 11) is 1.56. The standard InChI is InChI=1S/C18H19NO5/c1-23-15-3-2-4-16(11-15)24-12-17(20)19-10-9-13-5-7-14(8-6-13)18(21)22/h2-8,11H,9-10,12H2,1H3,(H,19,20)(H,21,22). The fourth-order valence-corrected chi connectivity index (χ4v) is 2.05. The van der Waals surface area contributed by atoms with E-state index in [-0.39, 0.29) is 18.1 Å². The third kappa shape index (κ3) is 5.31. The van der Waals surface area contributed by atoms with Crippen molar-refractivity contribution in [1.29, 1.82) is 0 Å². The summed E-state index contributed by atoms with van der Waals surface area (Å²) >= 11 is 0. The zero-order valence-electron chi connectivity index (χ0n) is 13.3. The van der Waals surface area contributed by atoms with E-state index in [2.05, 4.69) is 5.32 Å². The highest BCUT2D eigenvalue weighted by atomic mass is 16.5. The smallest absolute Gasteiger partial charge is 0.335 e. The number of carboxylic acids is 1. The lowest BCUT2D eigenvalue weighted by Gasteiger charge is -2.08. The molecule has 2 aromatic rings. The normalized spacial score (nSPS) is 10.0. The van der Waals surface area contributed by atoms with Crippen LogP contribution in [0.1, 0.15) is 15.9 Å². The molecule has 0 aliphatic heterocycles. The summed E-state index contributed by atoms with van der Waals surface area (Å²) in [6, 6.07) is 13.6. The molecule has 6 nitrogen and oxygen atoms in total. The third-order valence-electron chi connectivity index (χ3n) is 3.35. The fraction of sp³-hybridized carbons (Fsp3) is 0.222. The van der Waals surface area contributed by atoms with Gasteiger partial charge in [-0.15, -0.1) is 0 Å². The van der Waals surface area contributed by atoms with Crippen molar-refractivity contribution < 1.29 is 24.2 Å². The highest BCUT2D eigenvalue weighted by Crippen LogP contribution is 2.18. The second-order valence-corrected chi connectivity index (χ2v) is 5.07. The van der Waals surface area contributed by atoms with Gasteiger partial charge in [-0.2, -0.15) is 0 Å². The topological polar surface area (TPSA) is 84.9 Å². The van der Waals surface area contributed by atoms with Crippen LogP contribution in [0.5, 0.6) is 11.5 Å². The van der Waals surface area contributed by atoms with Crippen LogP contribution in [-0.4, -0.2) is 37.2 Å². The van der Waals surface area contributed by atoms with Crippen LogP contribution in [0.25, 0.3) is 0 Å². The fourth-order valence-electron chi connectivity index (χ4n) is 2.05. The first-order valence-electron chi connectivity index (χ1n) is 7.44. The summed E-state index contributed by atoms with van der Waals surface area (Å²) in [6.45, 7) is 0.373. The van der Waals surface area contributed by atoms with Gasteiger partial charge in [-0.25, -0.2) is 4.79 Å². The van der Waals surface area contributed by atoms with E-state index in [1.54, 1.807) is 55.6 Å². The summed E-state index contributed by atoms with van der Waals surface area (Å²) in [6.07, 6.45) is 0.616. The van der Waals surface area contributed by atoms with Gasteiger partial charge in [0.15, 0.2) is 6.61 Å². The van der Waals surface area contributed by atoms with Crippen molar-refractivity contribution >= 4 is 11.9 Å². The molecule has 126 valence electrons. The lowest BCUT2D eigenvalue weighted by atomic mass is 10.1. The zero-order valence-corrected chi connectivity index (χ0v) is 13.3. The van der Waals surface area contributed by atoms with Crippen LogP contribution in [0.15, 0.2) is 48.5 Å². The Bertz CT molecular complexity index is 697. The number of nitrogens with one attached hydrogen (secondary N) is 1. The molecule has 24 heavy (non-hydrogen) atoms. The molecular weight excluding hydrogens is 310 g/mol. The van der Waals surface area contributed by atoms with E-state index < -0.39 is 5.97 Å². The van der Waals surface area contributed by atoms with E-state index in [1.165, 1.54) is 0 Å². The van der Waals surface area contributed by atoms with Gasteiger partial charge in [0.25, 0.3) is 5.91 Å². The van der Waals surface area contributed by atoms with Crippen LogP contribution in [0.3, 0.4) is 0 Å². The first-order chi connectivity index (χ1) is 11.6. The molecule has 2 rings (SSSR count). The average molecular weight is 329 g/mol. The van der Waals surface area contributed by atoms with Gasteiger partial charge in [-0.1, -0.05) is 18.2 Å². The van der Waals surface area contributed by atoms with Crippen LogP contribution in [0, 0.1) is 0 Å². The minimum absolute atomic E-state index is 0.0783. The van der Waals surface area contributed by atoms with E-state index in [4.69, 9.17) is 14.6 Å². The molecule has 0 bridgehead atoms. The van der Waals surface area contributed by atoms with E-state index in [9.17, 15) is 9.59 Å². The van der Waals surface area contributed by atoms with E-state index in [1.807, 2.05) is 0 Å². The van der Waals surface area contributed by atoms with E-state index >= 15 is 0 Å². The predicted octanol–water partition coefficient (Wildman–Crippen LogP) is 2.13. The van der Waals surface area contributed by atoms with Crippen LogP contribution in [0.4, 0.5) is 0 Å². The summed E-state index contributed by atoms with van der Waals surface area (Å²) in [5.74, 6) is 0.0518. The number of carboxylic acid groups (broad SMARTS) is 1. The molecule has 0 spiro atoms. The lowest BCUT2D eigenvalue weighted by molar-refractivity contribution is -0.123. The molecular formula is C18H19NO5. The highest BCUT2D eigenvalue weighted by molar-refractivity contribution is 5.87. The Balaban J connectivity index is 1.72. The molecule has 6 heteroatoms. The number of methoxy groups -OCH3 is 1. The Morgan fingerprint density at radius 3 is 2.46 bits per heavy atom. The van der Waals surface area contributed by atoms with Crippen LogP contribution in [-0.2, 0) is 11.2 Å². The minimum Gasteiger partial charge on any atom is -0.497 e. The number of rotatable bonds is 8. The maximum absolute atomic E-state index is 11.8. The van der Waals surface area contributed by atoms with Crippen molar-refractivity contribution in [2.45, 2.75) is 6.42 Å². The van der Waals surface area contributed by atoms with Gasteiger partial charge in [-0.05, 0) is 36.2 Å². The number of carbonyl (C=O) groups excluding carboxylic acids is 1. The SMILES string of the molecule is COc1cccc(OCC(=O)NCCc2ccc(C(=O)O)cc2)c1. The number of ether oxygens (including phenoxy) is 2. The van der Waals surface area contributed by atoms with Gasteiger partial charge in [-0.3, -0.25) is 4.79 Å². The molecule has 0 aliphatic carbocycles. The Labute approximate surface area is 140 Å². The first-order valence-corrected chi connectivity index (χ1v) is 7.44. The Morgan fingerprint density at radius 2 is 1.79 bits per heavy atom. The third-order valence-corrected chi connectivity index (χ3v) is 3.35. The molecule has 0 saturated heterocycles. The first kappa shape index (κ1) is 17.3. The molecule has 0 aliphatic rings. The van der Waals surface area contributed by atoms with Crippen LogP contribution >= 0.6 is 0 Å². The number of amides is 1. The van der Waals surface area contributed by atoms with Gasteiger partial charge >= 0.3 is 5.97 Å². The van der Waals surface area contributed by atoms with Crippen molar-refractivity contribution in [3.8, 4) is 11.5 Å². The lowest BCUT2D eigenvalue weighted by Crippen LogP contribution is -2.30. The minimum atomic E-state index is -0.954. The maximum Gasteiger partial charge on any atom is 0.335 e. The van der Waals surface area contributed by atoms with Crippen molar-refractivity contribution in [2.75, 3.05) is 20.3 Å². The van der Waals surface area contributed by atoms with E-state index in [0.29, 0.717) is 24.5 Å². The van der Waals surface area contributed by atoms with E-state index in [0.717, 1.165) is 5.56 Å². The predicted molar refractivity (Wildman–Crippen MR) is 88.6 cm³/mol. The van der Waals surface area contributed by atoms with Crippen molar-refractivity contribution in [3.05, 3.63) is 59.7 Å². The number of aromatic carboxylic acids is 1. The molecule has 0 atom stereocenters. The molecule has 0 saturated carbocycles. The summed E-state index contributed by atoms with van der Waals surface area (Å²) in [4.78, 5) is 22.5. The second kappa shape index (κ2) is 8.57.